The Kier molecular flexibility index (Phi) is 4.78. The molecule has 18 heavy (non-hydrogen) atoms. The first-order valence-corrected chi connectivity index (χ1v) is 6.47. The van der Waals surface area contributed by atoms with Crippen LogP contribution in [0.2, 0.25) is 5.02 Å². The largest absolute Gasteiger partial charge is 0.434 e. The van der Waals surface area contributed by atoms with Gasteiger partial charge in [0, 0.05) is 17.1 Å². The van der Waals surface area contributed by atoms with Crippen LogP contribution in [-0.4, -0.2) is 13.2 Å². The first-order chi connectivity index (χ1) is 8.65. The molecule has 1 aromatic carbocycles. The van der Waals surface area contributed by atoms with E-state index in [1.807, 2.05) is 0 Å². The van der Waals surface area contributed by atoms with E-state index in [1.54, 1.807) is 12.1 Å². The lowest BCUT2D eigenvalue weighted by Gasteiger charge is -2.25. The molecule has 2 rings (SSSR count). The highest BCUT2D eigenvalue weighted by Gasteiger charge is 2.17. The number of halogens is 3. The number of hydrogen-bond donors (Lipinski definition) is 1. The van der Waals surface area contributed by atoms with Gasteiger partial charge in [-0.3, -0.25) is 0 Å². The van der Waals surface area contributed by atoms with Crippen LogP contribution >= 0.6 is 11.6 Å². The van der Waals surface area contributed by atoms with Crippen LogP contribution in [0.1, 0.15) is 24.8 Å². The molecule has 0 amide bonds. The molecule has 0 heterocycles. The molecule has 0 aliphatic heterocycles. The van der Waals surface area contributed by atoms with Gasteiger partial charge in [-0.05, 0) is 43.5 Å². The van der Waals surface area contributed by atoms with Gasteiger partial charge in [-0.1, -0.05) is 18.0 Å². The first kappa shape index (κ1) is 13.6. The number of rotatable bonds is 6. The first-order valence-electron chi connectivity index (χ1n) is 6.09. The van der Waals surface area contributed by atoms with E-state index in [-0.39, 0.29) is 5.75 Å². The third kappa shape index (κ3) is 3.82. The van der Waals surface area contributed by atoms with Crippen molar-refractivity contribution in [3.63, 3.8) is 0 Å². The van der Waals surface area contributed by atoms with Gasteiger partial charge in [-0.15, -0.1) is 0 Å². The third-order valence-electron chi connectivity index (χ3n) is 3.21. The molecule has 1 fully saturated rings. The van der Waals surface area contributed by atoms with E-state index in [2.05, 4.69) is 10.1 Å². The van der Waals surface area contributed by atoms with Crippen LogP contribution in [0.4, 0.5) is 8.78 Å². The highest BCUT2D eigenvalue weighted by Crippen LogP contribution is 2.27. The molecule has 1 aromatic rings. The van der Waals surface area contributed by atoms with E-state index in [9.17, 15) is 8.78 Å². The van der Waals surface area contributed by atoms with Crippen molar-refractivity contribution in [2.45, 2.75) is 32.4 Å². The summed E-state index contributed by atoms with van der Waals surface area (Å²) in [5.41, 5.74) is 0.669. The summed E-state index contributed by atoms with van der Waals surface area (Å²) in [7, 11) is 0. The molecule has 0 unspecified atom stereocenters. The van der Waals surface area contributed by atoms with Crippen LogP contribution < -0.4 is 10.1 Å². The Morgan fingerprint density at radius 1 is 1.39 bits per heavy atom. The number of nitrogens with one attached hydrogen (secondary N) is 1. The summed E-state index contributed by atoms with van der Waals surface area (Å²) in [6.45, 7) is -1.39. The highest BCUT2D eigenvalue weighted by atomic mass is 35.5. The van der Waals surface area contributed by atoms with Crippen molar-refractivity contribution in [1.29, 1.82) is 0 Å². The lowest BCUT2D eigenvalue weighted by molar-refractivity contribution is -0.0505. The van der Waals surface area contributed by atoms with Gasteiger partial charge in [-0.25, -0.2) is 0 Å². The third-order valence-corrected chi connectivity index (χ3v) is 3.45. The van der Waals surface area contributed by atoms with E-state index >= 15 is 0 Å². The lowest BCUT2D eigenvalue weighted by atomic mass is 9.85. The monoisotopic (exact) mass is 275 g/mol. The van der Waals surface area contributed by atoms with Crippen molar-refractivity contribution >= 4 is 11.6 Å². The molecule has 1 saturated carbocycles. The van der Waals surface area contributed by atoms with Crippen molar-refractivity contribution in [3.8, 4) is 5.75 Å². The van der Waals surface area contributed by atoms with Crippen molar-refractivity contribution < 1.29 is 13.5 Å². The molecule has 0 bridgehead atoms. The Morgan fingerprint density at radius 3 is 2.78 bits per heavy atom. The van der Waals surface area contributed by atoms with Crippen LogP contribution in [0.25, 0.3) is 0 Å². The lowest BCUT2D eigenvalue weighted by Crippen LogP contribution is -2.27. The van der Waals surface area contributed by atoms with Gasteiger partial charge in [0.1, 0.15) is 5.75 Å². The summed E-state index contributed by atoms with van der Waals surface area (Å²) in [4.78, 5) is 0. The standard InChI is InChI=1S/C13H16ClF2NO/c14-11-4-5-12(18-13(15)16)10(6-11)8-17-7-9-2-1-3-9/h4-6,9,13,17H,1-3,7-8H2. The summed E-state index contributed by atoms with van der Waals surface area (Å²) < 4.78 is 28.9. The van der Waals surface area contributed by atoms with Gasteiger partial charge >= 0.3 is 6.61 Å². The van der Waals surface area contributed by atoms with Gasteiger partial charge in [0.15, 0.2) is 0 Å². The fraction of sp³-hybridized carbons (Fsp3) is 0.538. The molecule has 1 aliphatic rings. The summed E-state index contributed by atoms with van der Waals surface area (Å²) in [5.74, 6) is 0.916. The summed E-state index contributed by atoms with van der Waals surface area (Å²) in [6, 6.07) is 4.69. The van der Waals surface area contributed by atoms with Crippen LogP contribution in [0.3, 0.4) is 0 Å². The predicted molar refractivity (Wildman–Crippen MR) is 67.1 cm³/mol. The molecule has 1 N–H and O–H groups in total. The van der Waals surface area contributed by atoms with Crippen LogP contribution in [0.15, 0.2) is 18.2 Å². The fourth-order valence-electron chi connectivity index (χ4n) is 2.01. The molecule has 0 spiro atoms. The molecule has 0 saturated heterocycles. The molecule has 100 valence electrons. The summed E-state index contributed by atoms with van der Waals surface area (Å²) >= 11 is 5.86. The van der Waals surface area contributed by atoms with E-state index in [0.717, 1.165) is 12.5 Å². The van der Waals surface area contributed by atoms with Gasteiger partial charge in [0.25, 0.3) is 0 Å². The maximum absolute atomic E-state index is 12.2. The number of alkyl halides is 2. The zero-order valence-corrected chi connectivity index (χ0v) is 10.7. The van der Waals surface area contributed by atoms with Crippen LogP contribution in [0, 0.1) is 5.92 Å². The Balaban J connectivity index is 1.92. The quantitative estimate of drug-likeness (QED) is 0.852. The van der Waals surface area contributed by atoms with E-state index in [1.165, 1.54) is 25.3 Å². The zero-order valence-electron chi connectivity index (χ0n) is 9.96. The molecule has 1 aliphatic carbocycles. The molecular formula is C13H16ClF2NO. The topological polar surface area (TPSA) is 21.3 Å². The average Bonchev–Trinajstić information content (AvgIpc) is 2.24. The minimum absolute atomic E-state index is 0.190. The van der Waals surface area contributed by atoms with Crippen molar-refractivity contribution in [2.75, 3.05) is 6.54 Å². The highest BCUT2D eigenvalue weighted by molar-refractivity contribution is 6.30. The molecule has 0 atom stereocenters. The Bertz CT molecular complexity index is 397. The van der Waals surface area contributed by atoms with Gasteiger partial charge in [0.05, 0.1) is 0 Å². The Hall–Kier alpha value is -0.870. The predicted octanol–water partition coefficient (Wildman–Crippen LogP) is 3.83. The maximum atomic E-state index is 12.2. The van der Waals surface area contributed by atoms with Gasteiger partial charge in [0.2, 0.25) is 0 Å². The Labute approximate surface area is 110 Å². The smallest absolute Gasteiger partial charge is 0.387 e. The van der Waals surface area contributed by atoms with Gasteiger partial charge in [-0.2, -0.15) is 8.78 Å². The second-order valence-electron chi connectivity index (χ2n) is 4.56. The van der Waals surface area contributed by atoms with Crippen molar-refractivity contribution in [2.24, 2.45) is 5.92 Å². The zero-order chi connectivity index (χ0) is 13.0. The molecular weight excluding hydrogens is 260 g/mol. The normalized spacial score (nSPS) is 15.8. The maximum Gasteiger partial charge on any atom is 0.387 e. The summed E-state index contributed by atoms with van der Waals surface area (Å²) in [5, 5.41) is 3.79. The number of ether oxygens (including phenoxy) is 1. The molecule has 0 aromatic heterocycles. The summed E-state index contributed by atoms with van der Waals surface area (Å²) in [6.07, 6.45) is 3.80. The average molecular weight is 276 g/mol. The second kappa shape index (κ2) is 6.34. The number of benzene rings is 1. The van der Waals surface area contributed by atoms with E-state index < -0.39 is 6.61 Å². The molecule has 2 nitrogen and oxygen atoms in total. The SMILES string of the molecule is FC(F)Oc1ccc(Cl)cc1CNCC1CCC1. The molecule has 5 heteroatoms. The van der Waals surface area contributed by atoms with E-state index in [4.69, 9.17) is 11.6 Å². The Morgan fingerprint density at radius 2 is 2.17 bits per heavy atom. The van der Waals surface area contributed by atoms with E-state index in [0.29, 0.717) is 17.1 Å². The van der Waals surface area contributed by atoms with Gasteiger partial charge < -0.3 is 10.1 Å². The van der Waals surface area contributed by atoms with Crippen molar-refractivity contribution in [1.82, 2.24) is 5.32 Å². The van der Waals surface area contributed by atoms with Crippen molar-refractivity contribution in [3.05, 3.63) is 28.8 Å². The minimum Gasteiger partial charge on any atom is -0.434 e. The minimum atomic E-state index is -2.81. The van der Waals surface area contributed by atoms with Crippen LogP contribution in [-0.2, 0) is 6.54 Å². The number of hydrogen-bond acceptors (Lipinski definition) is 2. The fourth-order valence-corrected chi connectivity index (χ4v) is 2.20. The molecule has 0 radical (unpaired) electrons. The second-order valence-corrected chi connectivity index (χ2v) is 4.99. The van der Waals surface area contributed by atoms with Crippen LogP contribution in [0.5, 0.6) is 5.75 Å².